The van der Waals surface area contributed by atoms with Crippen molar-refractivity contribution in [1.29, 1.82) is 0 Å². The lowest BCUT2D eigenvalue weighted by molar-refractivity contribution is 0.178. The van der Waals surface area contributed by atoms with Crippen molar-refractivity contribution in [3.8, 4) is 0 Å². The lowest BCUT2D eigenvalue weighted by Crippen LogP contribution is -2.34. The third-order valence-electron chi connectivity index (χ3n) is 5.51. The van der Waals surface area contributed by atoms with Gasteiger partial charge in [-0.3, -0.25) is 24.0 Å². The number of fused-ring (bicyclic) bond motifs is 1. The Morgan fingerprint density at radius 3 is 2.86 bits per heavy atom. The molecule has 3 aromatic rings. The molecule has 1 aromatic carbocycles. The van der Waals surface area contributed by atoms with Crippen LogP contribution in [0.5, 0.6) is 0 Å². The van der Waals surface area contributed by atoms with E-state index in [9.17, 15) is 9.59 Å². The first kappa shape index (κ1) is 19.5. The number of para-hydroxylation sites is 1. The molecule has 4 rings (SSSR count). The fourth-order valence-electron chi connectivity index (χ4n) is 4.00. The number of hydrogen-bond acceptors (Lipinski definition) is 6. The van der Waals surface area contributed by atoms with E-state index in [1.165, 1.54) is 4.57 Å². The molecule has 8 nitrogen and oxygen atoms in total. The monoisotopic (exact) mass is 395 g/mol. The molecular weight excluding hydrogens is 370 g/mol. The molecule has 2 aromatic heterocycles. The Morgan fingerprint density at radius 2 is 2.03 bits per heavy atom. The summed E-state index contributed by atoms with van der Waals surface area (Å²) >= 11 is 0. The second kappa shape index (κ2) is 8.26. The molecule has 29 heavy (non-hydrogen) atoms. The van der Waals surface area contributed by atoms with Gasteiger partial charge in [-0.05, 0) is 31.5 Å². The van der Waals surface area contributed by atoms with Crippen molar-refractivity contribution in [2.24, 2.45) is 7.05 Å². The maximum atomic E-state index is 13.2. The zero-order chi connectivity index (χ0) is 20.4. The molecule has 0 aliphatic carbocycles. The number of aromatic nitrogens is 4. The average molecular weight is 395 g/mol. The fourth-order valence-corrected chi connectivity index (χ4v) is 4.00. The minimum atomic E-state index is -0.0959. The second-order valence-electron chi connectivity index (χ2n) is 7.36. The molecule has 1 aliphatic heterocycles. The third-order valence-corrected chi connectivity index (χ3v) is 5.51. The number of rotatable bonds is 6. The van der Waals surface area contributed by atoms with Gasteiger partial charge < -0.3 is 9.30 Å². The van der Waals surface area contributed by atoms with Gasteiger partial charge in [0.2, 0.25) is 0 Å². The topological polar surface area (TPSA) is 82.2 Å². The highest BCUT2D eigenvalue weighted by Crippen LogP contribution is 2.31. The molecule has 3 heterocycles. The van der Waals surface area contributed by atoms with Crippen LogP contribution in [0.3, 0.4) is 0 Å². The largest absolute Gasteiger partial charge is 0.383 e. The first-order chi connectivity index (χ1) is 14.1. The first-order valence-electron chi connectivity index (χ1n) is 9.83. The number of methoxy groups -OCH3 is 1. The molecule has 0 radical (unpaired) electrons. The van der Waals surface area contributed by atoms with E-state index in [-0.39, 0.29) is 17.2 Å². The van der Waals surface area contributed by atoms with Crippen LogP contribution < -0.4 is 11.1 Å². The number of nitrogens with zero attached hydrogens (tertiary/aromatic N) is 5. The van der Waals surface area contributed by atoms with Gasteiger partial charge in [-0.2, -0.15) is 0 Å². The van der Waals surface area contributed by atoms with Crippen LogP contribution in [0.2, 0.25) is 0 Å². The standard InChI is InChI=1S/C21H25N5O3/c1-24-11-9-22-17(21(24)28)14-25-10-5-8-18(25)19-23-16-7-4-3-6-15(16)20(27)26(19)12-13-29-2/h3-4,6-7,9,11,18H,5,8,10,12-14H2,1-2H3. The predicted octanol–water partition coefficient (Wildman–Crippen LogP) is 1.47. The van der Waals surface area contributed by atoms with Gasteiger partial charge in [-0.1, -0.05) is 12.1 Å². The van der Waals surface area contributed by atoms with E-state index in [1.54, 1.807) is 31.1 Å². The molecule has 1 fully saturated rings. The van der Waals surface area contributed by atoms with Gasteiger partial charge in [0.15, 0.2) is 0 Å². The summed E-state index contributed by atoms with van der Waals surface area (Å²) in [6, 6.07) is 7.37. The second-order valence-corrected chi connectivity index (χ2v) is 7.36. The molecule has 8 heteroatoms. The summed E-state index contributed by atoms with van der Waals surface area (Å²) in [6.45, 7) is 2.14. The summed E-state index contributed by atoms with van der Waals surface area (Å²) in [7, 11) is 3.35. The minimum Gasteiger partial charge on any atom is -0.383 e. The van der Waals surface area contributed by atoms with Gasteiger partial charge in [0, 0.05) is 33.1 Å². The van der Waals surface area contributed by atoms with Crippen molar-refractivity contribution in [2.45, 2.75) is 32.0 Å². The summed E-state index contributed by atoms with van der Waals surface area (Å²) < 4.78 is 8.49. The third kappa shape index (κ3) is 3.73. The van der Waals surface area contributed by atoms with Gasteiger partial charge in [0.05, 0.1) is 30.1 Å². The summed E-state index contributed by atoms with van der Waals surface area (Å²) in [6.07, 6.45) is 5.15. The highest BCUT2D eigenvalue weighted by Gasteiger charge is 2.31. The van der Waals surface area contributed by atoms with Crippen LogP contribution in [-0.2, 0) is 24.9 Å². The van der Waals surface area contributed by atoms with E-state index in [0.717, 1.165) is 25.2 Å². The number of benzene rings is 1. The summed E-state index contributed by atoms with van der Waals surface area (Å²) in [5.74, 6) is 0.732. The molecule has 0 spiro atoms. The molecular formula is C21H25N5O3. The summed E-state index contributed by atoms with van der Waals surface area (Å²) in [4.78, 5) is 36.9. The van der Waals surface area contributed by atoms with Crippen molar-refractivity contribution < 1.29 is 4.74 Å². The maximum absolute atomic E-state index is 13.2. The van der Waals surface area contributed by atoms with Gasteiger partial charge >= 0.3 is 0 Å². The number of likely N-dealkylation sites (tertiary alicyclic amines) is 1. The van der Waals surface area contributed by atoms with E-state index in [1.807, 2.05) is 24.3 Å². The van der Waals surface area contributed by atoms with E-state index in [4.69, 9.17) is 9.72 Å². The van der Waals surface area contributed by atoms with Gasteiger partial charge in [0.25, 0.3) is 11.1 Å². The minimum absolute atomic E-state index is 0.0455. The number of hydrogen-bond donors (Lipinski definition) is 0. The maximum Gasteiger partial charge on any atom is 0.273 e. The van der Waals surface area contributed by atoms with Crippen LogP contribution in [0.4, 0.5) is 0 Å². The van der Waals surface area contributed by atoms with E-state index in [2.05, 4.69) is 9.88 Å². The highest BCUT2D eigenvalue weighted by molar-refractivity contribution is 5.77. The van der Waals surface area contributed by atoms with Crippen LogP contribution in [0.25, 0.3) is 10.9 Å². The van der Waals surface area contributed by atoms with Gasteiger partial charge in [-0.25, -0.2) is 4.98 Å². The Balaban J connectivity index is 1.76. The molecule has 1 aliphatic rings. The molecule has 1 unspecified atom stereocenters. The van der Waals surface area contributed by atoms with Gasteiger partial charge in [-0.15, -0.1) is 0 Å². The molecule has 0 N–H and O–H groups in total. The molecule has 152 valence electrons. The first-order valence-corrected chi connectivity index (χ1v) is 9.83. The van der Waals surface area contributed by atoms with Crippen molar-refractivity contribution in [3.05, 3.63) is 68.9 Å². The molecule has 1 atom stereocenters. The van der Waals surface area contributed by atoms with Crippen LogP contribution in [0, 0.1) is 0 Å². The highest BCUT2D eigenvalue weighted by atomic mass is 16.5. The SMILES string of the molecule is COCCn1c(C2CCCN2Cc2nccn(C)c2=O)nc2ccccc2c1=O. The molecule has 0 saturated carbocycles. The fraction of sp³-hybridized carbons (Fsp3) is 0.429. The Morgan fingerprint density at radius 1 is 1.21 bits per heavy atom. The Labute approximate surface area is 168 Å². The Kier molecular flexibility index (Phi) is 5.55. The van der Waals surface area contributed by atoms with Crippen LogP contribution in [-0.4, -0.2) is 44.3 Å². The zero-order valence-corrected chi connectivity index (χ0v) is 16.7. The van der Waals surface area contributed by atoms with E-state index < -0.39 is 0 Å². The molecule has 0 amide bonds. The van der Waals surface area contributed by atoms with Crippen molar-refractivity contribution in [2.75, 3.05) is 20.3 Å². The van der Waals surface area contributed by atoms with Crippen LogP contribution in [0.1, 0.15) is 30.4 Å². The Hall–Kier alpha value is -2.84. The lowest BCUT2D eigenvalue weighted by atomic mass is 10.1. The van der Waals surface area contributed by atoms with Crippen molar-refractivity contribution >= 4 is 10.9 Å². The van der Waals surface area contributed by atoms with Gasteiger partial charge in [0.1, 0.15) is 11.5 Å². The number of ether oxygens (including phenoxy) is 1. The lowest BCUT2D eigenvalue weighted by Gasteiger charge is -2.26. The van der Waals surface area contributed by atoms with Crippen LogP contribution >= 0.6 is 0 Å². The predicted molar refractivity (Wildman–Crippen MR) is 110 cm³/mol. The van der Waals surface area contributed by atoms with Crippen molar-refractivity contribution in [3.63, 3.8) is 0 Å². The quantitative estimate of drug-likeness (QED) is 0.629. The number of aryl methyl sites for hydroxylation is 1. The molecule has 1 saturated heterocycles. The summed E-state index contributed by atoms with van der Waals surface area (Å²) in [5.41, 5.74) is 1.06. The summed E-state index contributed by atoms with van der Waals surface area (Å²) in [5, 5.41) is 0.607. The smallest absolute Gasteiger partial charge is 0.273 e. The van der Waals surface area contributed by atoms with E-state index in [0.29, 0.717) is 36.3 Å². The van der Waals surface area contributed by atoms with Crippen molar-refractivity contribution in [1.82, 2.24) is 24.0 Å². The molecule has 0 bridgehead atoms. The van der Waals surface area contributed by atoms with Crippen LogP contribution in [0.15, 0.2) is 46.2 Å². The zero-order valence-electron chi connectivity index (χ0n) is 16.7. The normalized spacial score (nSPS) is 17.2. The van der Waals surface area contributed by atoms with E-state index >= 15 is 0 Å². The average Bonchev–Trinajstić information content (AvgIpc) is 3.18. The Bertz CT molecular complexity index is 1140.